The Hall–Kier alpha value is -2.84. The highest BCUT2D eigenvalue weighted by molar-refractivity contribution is 8.18. The molecule has 0 saturated carbocycles. The zero-order valence-electron chi connectivity index (χ0n) is 15.1. The molecule has 29 heavy (non-hydrogen) atoms. The molecule has 7 nitrogen and oxygen atoms in total. The first-order valence-electron chi connectivity index (χ1n) is 8.89. The number of benzene rings is 1. The minimum Gasteiger partial charge on any atom is -0.480 e. The number of ether oxygens (including phenoxy) is 1. The summed E-state index contributed by atoms with van der Waals surface area (Å²) in [5, 5.41) is 2.95. The van der Waals surface area contributed by atoms with Gasteiger partial charge in [0, 0.05) is 36.9 Å². The second-order valence-corrected chi connectivity index (χ2v) is 7.90. The van der Waals surface area contributed by atoms with Gasteiger partial charge in [0.15, 0.2) is 6.10 Å². The number of pyridine rings is 1. The number of thioether (sulfide) groups is 1. The van der Waals surface area contributed by atoms with Crippen molar-refractivity contribution in [1.29, 1.82) is 0 Å². The summed E-state index contributed by atoms with van der Waals surface area (Å²) in [5.74, 6) is -0.0338. The molecule has 1 aromatic heterocycles. The Morgan fingerprint density at radius 1 is 1.38 bits per heavy atom. The van der Waals surface area contributed by atoms with Crippen LogP contribution in [0.4, 0.5) is 4.79 Å². The van der Waals surface area contributed by atoms with E-state index in [0.717, 1.165) is 27.8 Å². The SMILES string of the molecule is O=C(NCCN1C(=O)S/C(=C/c2cccnc2)C1=O)C1Cc2cc(Cl)ccc2O1. The van der Waals surface area contributed by atoms with Gasteiger partial charge in [-0.1, -0.05) is 17.7 Å². The number of hydrogen-bond donors (Lipinski definition) is 1. The molecule has 0 bridgehead atoms. The van der Waals surface area contributed by atoms with Crippen molar-refractivity contribution < 1.29 is 19.1 Å². The Morgan fingerprint density at radius 3 is 3.03 bits per heavy atom. The Balaban J connectivity index is 1.30. The molecule has 4 rings (SSSR count). The Kier molecular flexibility index (Phi) is 5.55. The Labute approximate surface area is 176 Å². The van der Waals surface area contributed by atoms with E-state index in [4.69, 9.17) is 16.3 Å². The number of aromatic nitrogens is 1. The van der Waals surface area contributed by atoms with E-state index in [1.165, 1.54) is 0 Å². The zero-order chi connectivity index (χ0) is 20.4. The fourth-order valence-corrected chi connectivity index (χ4v) is 4.13. The molecule has 0 aliphatic carbocycles. The number of carbonyl (C=O) groups excluding carboxylic acids is 3. The van der Waals surface area contributed by atoms with E-state index in [9.17, 15) is 14.4 Å². The van der Waals surface area contributed by atoms with Gasteiger partial charge in [-0.25, -0.2) is 0 Å². The molecular formula is C20H16ClN3O4S. The molecule has 1 atom stereocenters. The molecule has 1 unspecified atom stereocenters. The van der Waals surface area contributed by atoms with Crippen molar-refractivity contribution in [3.63, 3.8) is 0 Å². The van der Waals surface area contributed by atoms with Gasteiger partial charge in [-0.2, -0.15) is 0 Å². The fourth-order valence-electron chi connectivity index (χ4n) is 3.07. The highest BCUT2D eigenvalue weighted by atomic mass is 35.5. The van der Waals surface area contributed by atoms with Crippen molar-refractivity contribution in [2.24, 2.45) is 0 Å². The molecule has 0 spiro atoms. The van der Waals surface area contributed by atoms with E-state index in [2.05, 4.69) is 10.3 Å². The number of imide groups is 1. The van der Waals surface area contributed by atoms with E-state index < -0.39 is 6.10 Å². The summed E-state index contributed by atoms with van der Waals surface area (Å²) in [5.41, 5.74) is 1.62. The molecule has 3 heterocycles. The molecule has 2 aromatic rings. The molecule has 1 aromatic carbocycles. The monoisotopic (exact) mass is 429 g/mol. The number of fused-ring (bicyclic) bond motifs is 1. The number of hydrogen-bond acceptors (Lipinski definition) is 6. The van der Waals surface area contributed by atoms with Gasteiger partial charge in [0.1, 0.15) is 5.75 Å². The summed E-state index contributed by atoms with van der Waals surface area (Å²) < 4.78 is 5.63. The first kappa shape index (κ1) is 19.5. The average molecular weight is 430 g/mol. The number of rotatable bonds is 5. The molecule has 1 N–H and O–H groups in total. The van der Waals surface area contributed by atoms with Gasteiger partial charge >= 0.3 is 0 Å². The van der Waals surface area contributed by atoms with Gasteiger partial charge in [0.25, 0.3) is 17.1 Å². The summed E-state index contributed by atoms with van der Waals surface area (Å²) in [4.78, 5) is 42.4. The van der Waals surface area contributed by atoms with Crippen LogP contribution >= 0.6 is 23.4 Å². The molecule has 2 aliphatic heterocycles. The van der Waals surface area contributed by atoms with E-state index >= 15 is 0 Å². The second kappa shape index (κ2) is 8.26. The maximum Gasteiger partial charge on any atom is 0.293 e. The first-order chi connectivity index (χ1) is 14.0. The van der Waals surface area contributed by atoms with E-state index in [1.807, 2.05) is 0 Å². The van der Waals surface area contributed by atoms with Crippen LogP contribution in [-0.4, -0.2) is 46.1 Å². The standard InChI is InChI=1S/C20H16ClN3O4S/c21-14-3-4-15-13(9-14)10-16(28-15)18(25)23-6-7-24-19(26)17(29-20(24)27)8-12-2-1-5-22-11-12/h1-5,8-9,11,16H,6-7,10H2,(H,23,25)/b17-8+. The maximum atomic E-state index is 12.5. The van der Waals surface area contributed by atoms with Gasteiger partial charge in [-0.15, -0.1) is 0 Å². The summed E-state index contributed by atoms with van der Waals surface area (Å²) in [6.07, 6.45) is 4.65. The van der Waals surface area contributed by atoms with Crippen LogP contribution in [0.25, 0.3) is 6.08 Å². The van der Waals surface area contributed by atoms with Crippen molar-refractivity contribution in [1.82, 2.24) is 15.2 Å². The van der Waals surface area contributed by atoms with Crippen LogP contribution in [0, 0.1) is 0 Å². The van der Waals surface area contributed by atoms with E-state index in [1.54, 1.807) is 48.8 Å². The summed E-state index contributed by atoms with van der Waals surface area (Å²) in [6.45, 7) is 0.236. The number of nitrogens with zero attached hydrogens (tertiary/aromatic N) is 2. The van der Waals surface area contributed by atoms with E-state index in [0.29, 0.717) is 22.1 Å². The van der Waals surface area contributed by atoms with Crippen LogP contribution < -0.4 is 10.1 Å². The number of nitrogens with one attached hydrogen (secondary N) is 1. The number of amides is 3. The smallest absolute Gasteiger partial charge is 0.293 e. The van der Waals surface area contributed by atoms with E-state index in [-0.39, 0.29) is 30.1 Å². The number of carbonyl (C=O) groups is 3. The van der Waals surface area contributed by atoms with Crippen LogP contribution in [0.15, 0.2) is 47.6 Å². The summed E-state index contributed by atoms with van der Waals surface area (Å²) in [6, 6.07) is 8.77. The maximum absolute atomic E-state index is 12.5. The third-order valence-corrected chi connectivity index (χ3v) is 5.62. The normalized spacial score (nSPS) is 19.4. The number of halogens is 1. The first-order valence-corrected chi connectivity index (χ1v) is 10.1. The minimum atomic E-state index is -0.649. The third kappa shape index (κ3) is 4.28. The van der Waals surface area contributed by atoms with Gasteiger partial charge in [-0.05, 0) is 53.2 Å². The molecule has 148 valence electrons. The van der Waals surface area contributed by atoms with Crippen molar-refractivity contribution >= 4 is 46.5 Å². The predicted octanol–water partition coefficient (Wildman–Crippen LogP) is 2.89. The quantitative estimate of drug-likeness (QED) is 0.735. The van der Waals surface area contributed by atoms with Crippen LogP contribution in [0.3, 0.4) is 0 Å². The molecule has 1 saturated heterocycles. The molecule has 2 aliphatic rings. The van der Waals surface area contributed by atoms with Crippen molar-refractivity contribution in [2.45, 2.75) is 12.5 Å². The van der Waals surface area contributed by atoms with Crippen molar-refractivity contribution in [3.8, 4) is 5.75 Å². The topological polar surface area (TPSA) is 88.6 Å². The highest BCUT2D eigenvalue weighted by Crippen LogP contribution is 2.32. The second-order valence-electron chi connectivity index (χ2n) is 6.47. The molecular weight excluding hydrogens is 414 g/mol. The lowest BCUT2D eigenvalue weighted by Gasteiger charge is -2.15. The lowest BCUT2D eigenvalue weighted by molar-refractivity contribution is -0.128. The van der Waals surface area contributed by atoms with Crippen molar-refractivity contribution in [2.75, 3.05) is 13.1 Å². The summed E-state index contributed by atoms with van der Waals surface area (Å²) in [7, 11) is 0. The summed E-state index contributed by atoms with van der Waals surface area (Å²) >= 11 is 6.84. The van der Waals surface area contributed by atoms with Crippen LogP contribution in [0.5, 0.6) is 5.75 Å². The van der Waals surface area contributed by atoms with Gasteiger partial charge in [0.05, 0.1) is 4.91 Å². The predicted molar refractivity (Wildman–Crippen MR) is 109 cm³/mol. The molecule has 9 heteroatoms. The van der Waals surface area contributed by atoms with Gasteiger partial charge in [-0.3, -0.25) is 24.3 Å². The van der Waals surface area contributed by atoms with Crippen LogP contribution in [-0.2, 0) is 16.0 Å². The largest absolute Gasteiger partial charge is 0.480 e. The zero-order valence-corrected chi connectivity index (χ0v) is 16.7. The van der Waals surface area contributed by atoms with Gasteiger partial charge < -0.3 is 10.1 Å². The third-order valence-electron chi connectivity index (χ3n) is 4.48. The molecule has 3 amide bonds. The Morgan fingerprint density at radius 2 is 2.24 bits per heavy atom. The lowest BCUT2D eigenvalue weighted by atomic mass is 10.1. The minimum absolute atomic E-state index is 0.0896. The average Bonchev–Trinajstić information content (AvgIpc) is 3.24. The van der Waals surface area contributed by atoms with Crippen molar-refractivity contribution in [3.05, 3.63) is 63.8 Å². The Bertz CT molecular complexity index is 1010. The molecule has 1 fully saturated rings. The fraction of sp³-hybridized carbons (Fsp3) is 0.200. The van der Waals surface area contributed by atoms with Crippen LogP contribution in [0.1, 0.15) is 11.1 Å². The van der Waals surface area contributed by atoms with Gasteiger partial charge in [0.2, 0.25) is 0 Å². The van der Waals surface area contributed by atoms with Crippen LogP contribution in [0.2, 0.25) is 5.02 Å². The lowest BCUT2D eigenvalue weighted by Crippen LogP contribution is -2.42. The molecule has 0 radical (unpaired) electrons. The highest BCUT2D eigenvalue weighted by Gasteiger charge is 2.35.